The Kier molecular flexibility index (Phi) is 7.78. The Labute approximate surface area is 235 Å². The first kappa shape index (κ1) is 27.2. The van der Waals surface area contributed by atoms with E-state index < -0.39 is 0 Å². The van der Waals surface area contributed by atoms with Crippen LogP contribution in [0.1, 0.15) is 69.8 Å². The number of hydrogen-bond acceptors (Lipinski definition) is 5. The number of H-pyrrole nitrogens is 1. The van der Waals surface area contributed by atoms with Gasteiger partial charge in [0.2, 0.25) is 5.82 Å². The minimum absolute atomic E-state index is 0.0102. The van der Waals surface area contributed by atoms with E-state index in [-0.39, 0.29) is 11.1 Å². The van der Waals surface area contributed by atoms with Gasteiger partial charge in [-0.3, -0.25) is 14.1 Å². The molecular weight excluding hydrogens is 498 g/mol. The maximum absolute atomic E-state index is 14.1. The quantitative estimate of drug-likeness (QED) is 0.245. The summed E-state index contributed by atoms with van der Waals surface area (Å²) in [5, 5.41) is 14.5. The van der Waals surface area contributed by atoms with E-state index in [0.717, 1.165) is 59.4 Å². The molecule has 0 aliphatic carbocycles. The number of rotatable bonds is 9. The first-order valence-electron chi connectivity index (χ1n) is 14.0. The third kappa shape index (κ3) is 5.39. The highest BCUT2D eigenvalue weighted by Gasteiger charge is 2.24. The average molecular weight is 536 g/mol. The number of nitrogens with zero attached hydrogens (tertiary/aromatic N) is 6. The molecule has 206 valence electrons. The number of para-hydroxylation sites is 1. The van der Waals surface area contributed by atoms with Crippen molar-refractivity contribution in [1.29, 1.82) is 0 Å². The van der Waals surface area contributed by atoms with Crippen molar-refractivity contribution in [3.63, 3.8) is 0 Å². The maximum atomic E-state index is 14.1. The lowest BCUT2D eigenvalue weighted by Crippen LogP contribution is -2.27. The normalized spacial score (nSPS) is 11.7. The molecule has 0 saturated carbocycles. The SMILES string of the molecule is CCCc1cccc(C(C)(C)C)c1-n1cc(CCC)n(Cc2ccc(-c3ccccc3-c3nn[nH]n3)nc2)c1=O. The van der Waals surface area contributed by atoms with Crippen LogP contribution in [-0.2, 0) is 24.8 Å². The summed E-state index contributed by atoms with van der Waals surface area (Å²) >= 11 is 0. The van der Waals surface area contributed by atoms with Gasteiger partial charge in [0, 0.05) is 29.2 Å². The second-order valence-corrected chi connectivity index (χ2v) is 11.3. The predicted octanol–water partition coefficient (Wildman–Crippen LogP) is 6.13. The summed E-state index contributed by atoms with van der Waals surface area (Å²) in [5.41, 5.74) is 7.92. The first-order chi connectivity index (χ1) is 19.3. The van der Waals surface area contributed by atoms with Gasteiger partial charge in [-0.25, -0.2) is 4.79 Å². The molecule has 0 fully saturated rings. The van der Waals surface area contributed by atoms with Gasteiger partial charge in [0.1, 0.15) is 0 Å². The van der Waals surface area contributed by atoms with Crippen molar-refractivity contribution in [3.05, 3.63) is 99.9 Å². The number of imidazole rings is 1. The molecule has 0 spiro atoms. The standard InChI is InChI=1S/C32H37N7O/c1-6-11-23-13-10-16-27(32(3,4)5)29(23)39-21-24(12-7-2)38(31(39)40)20-22-17-18-28(33-19-22)25-14-8-9-15-26(25)30-34-36-37-35-30/h8-10,13-19,21H,6-7,11-12,20H2,1-5H3,(H,34,35,36,37). The van der Waals surface area contributed by atoms with E-state index in [2.05, 4.69) is 79.6 Å². The van der Waals surface area contributed by atoms with Gasteiger partial charge in [0.25, 0.3) is 0 Å². The molecule has 5 rings (SSSR count). The Morgan fingerprint density at radius 3 is 2.33 bits per heavy atom. The monoisotopic (exact) mass is 535 g/mol. The van der Waals surface area contributed by atoms with E-state index in [9.17, 15) is 4.79 Å². The fraction of sp³-hybridized carbons (Fsp3) is 0.344. The van der Waals surface area contributed by atoms with Crippen LogP contribution < -0.4 is 5.69 Å². The zero-order chi connectivity index (χ0) is 28.3. The minimum atomic E-state index is -0.0942. The number of nitrogens with one attached hydrogen (secondary N) is 1. The van der Waals surface area contributed by atoms with Crippen molar-refractivity contribution in [2.24, 2.45) is 0 Å². The molecule has 0 aliphatic rings. The molecule has 0 aliphatic heterocycles. The van der Waals surface area contributed by atoms with Crippen LogP contribution in [0, 0.1) is 0 Å². The summed E-state index contributed by atoms with van der Waals surface area (Å²) in [5.74, 6) is 0.525. The van der Waals surface area contributed by atoms with Gasteiger partial charge in [0.05, 0.1) is 17.9 Å². The molecule has 0 atom stereocenters. The van der Waals surface area contributed by atoms with Crippen molar-refractivity contribution < 1.29 is 0 Å². The molecule has 0 bridgehead atoms. The number of tetrazole rings is 1. The molecule has 5 aromatic rings. The third-order valence-electron chi connectivity index (χ3n) is 7.21. The predicted molar refractivity (Wildman–Crippen MR) is 159 cm³/mol. The molecule has 8 heteroatoms. The summed E-state index contributed by atoms with van der Waals surface area (Å²) in [4.78, 5) is 18.8. The third-order valence-corrected chi connectivity index (χ3v) is 7.21. The zero-order valence-corrected chi connectivity index (χ0v) is 24.0. The van der Waals surface area contributed by atoms with Crippen LogP contribution in [0.25, 0.3) is 28.3 Å². The molecule has 1 N–H and O–H groups in total. The van der Waals surface area contributed by atoms with Crippen molar-refractivity contribution in [2.75, 3.05) is 0 Å². The van der Waals surface area contributed by atoms with Crippen molar-refractivity contribution in [3.8, 4) is 28.3 Å². The largest absolute Gasteiger partial charge is 0.333 e. The molecule has 40 heavy (non-hydrogen) atoms. The molecule has 0 radical (unpaired) electrons. The Morgan fingerprint density at radius 2 is 1.68 bits per heavy atom. The highest BCUT2D eigenvalue weighted by Crippen LogP contribution is 2.32. The molecular formula is C32H37N7O. The second kappa shape index (κ2) is 11.4. The molecule has 3 heterocycles. The second-order valence-electron chi connectivity index (χ2n) is 11.3. The number of aromatic amines is 1. The lowest BCUT2D eigenvalue weighted by molar-refractivity contribution is 0.583. The number of benzene rings is 2. The van der Waals surface area contributed by atoms with E-state index in [1.807, 2.05) is 51.7 Å². The zero-order valence-electron chi connectivity index (χ0n) is 24.0. The van der Waals surface area contributed by atoms with Gasteiger partial charge in [-0.15, -0.1) is 10.2 Å². The van der Waals surface area contributed by atoms with E-state index in [0.29, 0.717) is 12.4 Å². The highest BCUT2D eigenvalue weighted by atomic mass is 16.1. The van der Waals surface area contributed by atoms with Crippen LogP contribution >= 0.6 is 0 Å². The molecule has 8 nitrogen and oxygen atoms in total. The lowest BCUT2D eigenvalue weighted by atomic mass is 9.84. The number of aromatic nitrogens is 7. The Bertz CT molecular complexity index is 1640. The first-order valence-corrected chi connectivity index (χ1v) is 14.0. The summed E-state index contributed by atoms with van der Waals surface area (Å²) in [6.07, 6.45) is 7.64. The lowest BCUT2D eigenvalue weighted by Gasteiger charge is -2.25. The Hall–Kier alpha value is -4.33. The average Bonchev–Trinajstić information content (AvgIpc) is 3.58. The van der Waals surface area contributed by atoms with Gasteiger partial charge >= 0.3 is 5.69 Å². The molecule has 0 unspecified atom stereocenters. The van der Waals surface area contributed by atoms with E-state index in [1.165, 1.54) is 11.1 Å². The van der Waals surface area contributed by atoms with Crippen LogP contribution in [-0.4, -0.2) is 34.7 Å². The Morgan fingerprint density at radius 1 is 0.900 bits per heavy atom. The van der Waals surface area contributed by atoms with Gasteiger partial charge in [-0.1, -0.05) is 96.0 Å². The summed E-state index contributed by atoms with van der Waals surface area (Å²) < 4.78 is 3.79. The maximum Gasteiger partial charge on any atom is 0.333 e. The van der Waals surface area contributed by atoms with Crippen molar-refractivity contribution in [2.45, 2.75) is 72.3 Å². The van der Waals surface area contributed by atoms with E-state index in [4.69, 9.17) is 4.98 Å². The van der Waals surface area contributed by atoms with Crippen molar-refractivity contribution >= 4 is 0 Å². The van der Waals surface area contributed by atoms with Crippen LogP contribution in [0.4, 0.5) is 0 Å². The smallest absolute Gasteiger partial charge is 0.292 e. The van der Waals surface area contributed by atoms with Gasteiger partial charge in [0.15, 0.2) is 0 Å². The van der Waals surface area contributed by atoms with Gasteiger partial charge in [-0.05, 0) is 46.2 Å². The number of pyridine rings is 1. The highest BCUT2D eigenvalue weighted by molar-refractivity contribution is 5.78. The summed E-state index contributed by atoms with van der Waals surface area (Å²) in [7, 11) is 0. The molecule has 2 aromatic carbocycles. The molecule has 3 aromatic heterocycles. The minimum Gasteiger partial charge on any atom is -0.292 e. The fourth-order valence-electron chi connectivity index (χ4n) is 5.30. The van der Waals surface area contributed by atoms with E-state index >= 15 is 0 Å². The van der Waals surface area contributed by atoms with Crippen LogP contribution in [0.2, 0.25) is 0 Å². The van der Waals surface area contributed by atoms with Gasteiger partial charge in [-0.2, -0.15) is 5.21 Å². The summed E-state index contributed by atoms with van der Waals surface area (Å²) in [6.45, 7) is 11.4. The van der Waals surface area contributed by atoms with Crippen LogP contribution in [0.15, 0.2) is 71.8 Å². The molecule has 0 saturated heterocycles. The molecule has 0 amide bonds. The van der Waals surface area contributed by atoms with Crippen LogP contribution in [0.3, 0.4) is 0 Å². The van der Waals surface area contributed by atoms with Crippen LogP contribution in [0.5, 0.6) is 0 Å². The summed E-state index contributed by atoms with van der Waals surface area (Å²) in [6, 6.07) is 18.3. The van der Waals surface area contributed by atoms with Crippen molar-refractivity contribution in [1.82, 2.24) is 34.7 Å². The number of hydrogen-bond donors (Lipinski definition) is 1. The number of aryl methyl sites for hydroxylation is 2. The topological polar surface area (TPSA) is 94.3 Å². The van der Waals surface area contributed by atoms with E-state index in [1.54, 1.807) is 0 Å². The Balaban J connectivity index is 1.53. The fourth-order valence-corrected chi connectivity index (χ4v) is 5.30. The van der Waals surface area contributed by atoms with Gasteiger partial charge < -0.3 is 0 Å².